The van der Waals surface area contributed by atoms with Crippen molar-refractivity contribution >= 4 is 39.9 Å². The van der Waals surface area contributed by atoms with Crippen molar-refractivity contribution in [1.82, 2.24) is 15.0 Å². The predicted molar refractivity (Wildman–Crippen MR) is 74.7 cm³/mol. The number of hydrogen-bond donors (Lipinski definition) is 1. The Bertz CT molecular complexity index is 649. The van der Waals surface area contributed by atoms with E-state index in [9.17, 15) is 4.39 Å². The van der Waals surface area contributed by atoms with Crippen molar-refractivity contribution in [3.8, 4) is 0 Å². The fourth-order valence-corrected chi connectivity index (χ4v) is 2.43. The first-order valence-electron chi connectivity index (χ1n) is 6.14. The second-order valence-electron chi connectivity index (χ2n) is 4.58. The van der Waals surface area contributed by atoms with Crippen molar-refractivity contribution in [2.24, 2.45) is 5.92 Å². The normalized spacial score (nSPS) is 18.6. The number of hydrogen-bond acceptors (Lipinski definition) is 5. The number of pyridine rings is 1. The van der Waals surface area contributed by atoms with E-state index in [1.807, 2.05) is 0 Å². The molecule has 20 heavy (non-hydrogen) atoms. The average molecular weight is 317 g/mol. The second-order valence-corrected chi connectivity index (χ2v) is 5.27. The molecule has 1 saturated heterocycles. The van der Waals surface area contributed by atoms with Crippen molar-refractivity contribution < 1.29 is 9.13 Å². The highest BCUT2D eigenvalue weighted by Gasteiger charge is 2.18. The van der Waals surface area contributed by atoms with Crippen molar-refractivity contribution in [2.75, 3.05) is 25.1 Å². The molecule has 0 bridgehead atoms. The van der Waals surface area contributed by atoms with Crippen LogP contribution < -0.4 is 5.32 Å². The van der Waals surface area contributed by atoms with Crippen LogP contribution in [0.2, 0.25) is 10.4 Å². The molecule has 0 radical (unpaired) electrons. The molecule has 106 valence electrons. The van der Waals surface area contributed by atoms with Gasteiger partial charge in [-0.25, -0.2) is 19.3 Å². The smallest absolute Gasteiger partial charge is 0.225 e. The Morgan fingerprint density at radius 1 is 1.40 bits per heavy atom. The molecule has 2 aromatic rings. The topological polar surface area (TPSA) is 59.9 Å². The Labute approximate surface area is 124 Å². The second kappa shape index (κ2) is 5.63. The first kappa shape index (κ1) is 13.7. The zero-order chi connectivity index (χ0) is 14.1. The molecule has 1 aliphatic rings. The van der Waals surface area contributed by atoms with Gasteiger partial charge in [0.1, 0.15) is 11.3 Å². The van der Waals surface area contributed by atoms with Gasteiger partial charge in [-0.1, -0.05) is 11.6 Å². The fraction of sp³-hybridized carbons (Fsp3) is 0.417. The highest BCUT2D eigenvalue weighted by atomic mass is 35.5. The van der Waals surface area contributed by atoms with E-state index < -0.39 is 5.82 Å². The lowest BCUT2D eigenvalue weighted by Crippen LogP contribution is -2.15. The van der Waals surface area contributed by atoms with E-state index >= 15 is 0 Å². The lowest BCUT2D eigenvalue weighted by atomic mass is 10.1. The fourth-order valence-electron chi connectivity index (χ4n) is 2.13. The number of rotatable bonds is 3. The summed E-state index contributed by atoms with van der Waals surface area (Å²) in [5.74, 6) is 0.166. The van der Waals surface area contributed by atoms with E-state index in [2.05, 4.69) is 20.3 Å². The number of nitrogens with zero attached hydrogens (tertiary/aromatic N) is 3. The maximum Gasteiger partial charge on any atom is 0.225 e. The molecule has 1 N–H and O–H groups in total. The zero-order valence-electron chi connectivity index (χ0n) is 10.4. The van der Waals surface area contributed by atoms with Gasteiger partial charge < -0.3 is 10.1 Å². The van der Waals surface area contributed by atoms with Gasteiger partial charge in [-0.3, -0.25) is 0 Å². The van der Waals surface area contributed by atoms with Crippen LogP contribution in [0.15, 0.2) is 6.20 Å². The molecule has 2 aromatic heterocycles. The number of aromatic nitrogens is 3. The summed E-state index contributed by atoms with van der Waals surface area (Å²) >= 11 is 11.5. The van der Waals surface area contributed by atoms with Gasteiger partial charge in [-0.15, -0.1) is 0 Å². The van der Waals surface area contributed by atoms with Gasteiger partial charge in [0.2, 0.25) is 5.28 Å². The van der Waals surface area contributed by atoms with Crippen molar-refractivity contribution in [3.63, 3.8) is 0 Å². The molecule has 8 heteroatoms. The van der Waals surface area contributed by atoms with Crippen molar-refractivity contribution in [3.05, 3.63) is 22.5 Å². The van der Waals surface area contributed by atoms with E-state index in [1.54, 1.807) is 0 Å². The highest BCUT2D eigenvalue weighted by molar-refractivity contribution is 6.30. The van der Waals surface area contributed by atoms with Gasteiger partial charge in [0, 0.05) is 25.3 Å². The molecule has 0 aliphatic carbocycles. The summed E-state index contributed by atoms with van der Waals surface area (Å²) in [6.07, 6.45) is 2.42. The average Bonchev–Trinajstić information content (AvgIpc) is 2.94. The molecular formula is C12H11Cl2FN4O. The number of nitrogens with one attached hydrogen (secondary N) is 1. The van der Waals surface area contributed by atoms with Gasteiger partial charge in [-0.2, -0.15) is 0 Å². The minimum absolute atomic E-state index is 0.0381. The van der Waals surface area contributed by atoms with Crippen LogP contribution in [0, 0.1) is 11.7 Å². The lowest BCUT2D eigenvalue weighted by molar-refractivity contribution is 0.187. The molecule has 1 atom stereocenters. The summed E-state index contributed by atoms with van der Waals surface area (Å²) in [6.45, 7) is 2.15. The van der Waals surface area contributed by atoms with Crippen LogP contribution in [0.25, 0.3) is 10.9 Å². The number of anilines is 1. The van der Waals surface area contributed by atoms with Crippen molar-refractivity contribution in [2.45, 2.75) is 6.42 Å². The molecule has 0 amide bonds. The zero-order valence-corrected chi connectivity index (χ0v) is 11.9. The molecule has 0 saturated carbocycles. The van der Waals surface area contributed by atoms with Crippen LogP contribution in [-0.4, -0.2) is 34.7 Å². The molecule has 0 spiro atoms. The van der Waals surface area contributed by atoms with Gasteiger partial charge in [0.05, 0.1) is 12.0 Å². The Morgan fingerprint density at radius 3 is 3.00 bits per heavy atom. The van der Waals surface area contributed by atoms with Crippen LogP contribution in [0.3, 0.4) is 0 Å². The summed E-state index contributed by atoms with van der Waals surface area (Å²) in [4.78, 5) is 11.7. The van der Waals surface area contributed by atoms with Gasteiger partial charge >= 0.3 is 0 Å². The standard InChI is InChI=1S/C12H11Cl2FN4O/c13-10-8(15)9-7(4-16-10)11(19-12(14)18-9)17-3-6-1-2-20-5-6/h4,6H,1-3,5H2,(H,17,18,19)/t6-/m1/s1. The third kappa shape index (κ3) is 2.63. The summed E-state index contributed by atoms with van der Waals surface area (Å²) in [6, 6.07) is 0. The Hall–Kier alpha value is -1.24. The predicted octanol–water partition coefficient (Wildman–Crippen LogP) is 2.92. The number of ether oxygens (including phenoxy) is 1. The summed E-state index contributed by atoms with van der Waals surface area (Å²) < 4.78 is 19.2. The third-order valence-corrected chi connectivity index (χ3v) is 3.63. The first-order valence-corrected chi connectivity index (χ1v) is 6.89. The highest BCUT2D eigenvalue weighted by Crippen LogP contribution is 2.27. The minimum Gasteiger partial charge on any atom is -0.381 e. The SMILES string of the molecule is Fc1c(Cl)ncc2c(NC[C@H]3CCOC3)nc(Cl)nc12. The van der Waals surface area contributed by atoms with Crippen LogP contribution in [0.5, 0.6) is 0 Å². The third-order valence-electron chi connectivity index (χ3n) is 3.20. The monoisotopic (exact) mass is 316 g/mol. The van der Waals surface area contributed by atoms with Gasteiger partial charge in [-0.05, 0) is 18.0 Å². The van der Waals surface area contributed by atoms with Crippen LogP contribution >= 0.6 is 23.2 Å². The molecule has 5 nitrogen and oxygen atoms in total. The summed E-state index contributed by atoms with van der Waals surface area (Å²) in [7, 11) is 0. The van der Waals surface area contributed by atoms with Crippen LogP contribution in [0.4, 0.5) is 10.2 Å². The van der Waals surface area contributed by atoms with E-state index in [-0.39, 0.29) is 16.0 Å². The molecule has 1 aliphatic heterocycles. The molecule has 1 fully saturated rings. The first-order chi connectivity index (χ1) is 9.65. The van der Waals surface area contributed by atoms with E-state index in [0.717, 1.165) is 13.0 Å². The largest absolute Gasteiger partial charge is 0.381 e. The molecule has 0 unspecified atom stereocenters. The summed E-state index contributed by atoms with van der Waals surface area (Å²) in [5, 5.41) is 3.33. The van der Waals surface area contributed by atoms with E-state index in [4.69, 9.17) is 27.9 Å². The molecule has 3 heterocycles. The molecule has 0 aromatic carbocycles. The minimum atomic E-state index is -0.694. The Morgan fingerprint density at radius 2 is 2.25 bits per heavy atom. The Kier molecular flexibility index (Phi) is 3.87. The van der Waals surface area contributed by atoms with Gasteiger partial charge in [0.25, 0.3) is 0 Å². The maximum absolute atomic E-state index is 13.9. The van der Waals surface area contributed by atoms with Crippen molar-refractivity contribution in [1.29, 1.82) is 0 Å². The maximum atomic E-state index is 13.9. The van der Waals surface area contributed by atoms with E-state index in [0.29, 0.717) is 30.3 Å². The van der Waals surface area contributed by atoms with Gasteiger partial charge in [0.15, 0.2) is 11.0 Å². The van der Waals surface area contributed by atoms with Crippen LogP contribution in [0.1, 0.15) is 6.42 Å². The lowest BCUT2D eigenvalue weighted by Gasteiger charge is -2.12. The van der Waals surface area contributed by atoms with E-state index in [1.165, 1.54) is 6.20 Å². The molecule has 3 rings (SSSR count). The summed E-state index contributed by atoms with van der Waals surface area (Å²) in [5.41, 5.74) is 0.0650. The quantitative estimate of drug-likeness (QED) is 0.697. The van der Waals surface area contributed by atoms with Crippen LogP contribution in [-0.2, 0) is 4.74 Å². The number of fused-ring (bicyclic) bond motifs is 1. The number of halogens is 3. The molecular weight excluding hydrogens is 306 g/mol. The Balaban J connectivity index is 1.95.